The van der Waals surface area contributed by atoms with Gasteiger partial charge in [0.05, 0.1) is 17.7 Å². The molecule has 0 saturated heterocycles. The number of aliphatic imine (C=N–C) groups is 1. The fourth-order valence-corrected chi connectivity index (χ4v) is 4.37. The van der Waals surface area contributed by atoms with Gasteiger partial charge in [-0.05, 0) is 67.2 Å². The molecule has 1 aliphatic heterocycles. The molecule has 2 atom stereocenters. The van der Waals surface area contributed by atoms with Crippen molar-refractivity contribution in [2.24, 2.45) is 10.9 Å². The Kier molecular flexibility index (Phi) is 5.93. The van der Waals surface area contributed by atoms with Gasteiger partial charge in [0.2, 0.25) is 0 Å². The first kappa shape index (κ1) is 20.6. The topological polar surface area (TPSA) is 85.2 Å². The number of ether oxygens (including phenoxy) is 2. The molecule has 1 unspecified atom stereocenters. The second-order valence-corrected chi connectivity index (χ2v) is 8.24. The number of carbonyl (C=O) groups excluding carboxylic acids is 2. The van der Waals surface area contributed by atoms with E-state index in [1.165, 1.54) is 7.11 Å². The molecule has 7 heteroatoms. The molecule has 1 aromatic rings. The average Bonchev–Trinajstić information content (AvgIpc) is 2.62. The summed E-state index contributed by atoms with van der Waals surface area (Å²) >= 11 is 3.34. The van der Waals surface area contributed by atoms with Gasteiger partial charge in [0.15, 0.2) is 17.3 Å². The van der Waals surface area contributed by atoms with E-state index in [-0.39, 0.29) is 23.4 Å². The molecule has 0 amide bonds. The smallest absolute Gasteiger partial charge is 0.315 e. The number of halogens is 1. The Labute approximate surface area is 172 Å². The van der Waals surface area contributed by atoms with Gasteiger partial charge in [0.1, 0.15) is 5.92 Å². The highest BCUT2D eigenvalue weighted by molar-refractivity contribution is 9.10. The molecular weight excluding hydrogens is 426 g/mol. The molecule has 1 aliphatic carbocycles. The molecule has 0 spiro atoms. The first-order valence-electron chi connectivity index (χ1n) is 9.32. The lowest BCUT2D eigenvalue weighted by Gasteiger charge is -2.35. The van der Waals surface area contributed by atoms with Gasteiger partial charge in [-0.1, -0.05) is 0 Å². The number of phenolic OH excluding ortho intramolecular Hbond substituents is 1. The third-order valence-electron chi connectivity index (χ3n) is 5.07. The van der Waals surface area contributed by atoms with E-state index in [0.717, 1.165) is 12.1 Å². The van der Waals surface area contributed by atoms with Crippen molar-refractivity contribution in [1.29, 1.82) is 0 Å². The van der Waals surface area contributed by atoms with Crippen LogP contribution in [0.3, 0.4) is 0 Å². The summed E-state index contributed by atoms with van der Waals surface area (Å²) < 4.78 is 11.2. The highest BCUT2D eigenvalue weighted by Gasteiger charge is 2.43. The van der Waals surface area contributed by atoms with E-state index in [9.17, 15) is 14.7 Å². The monoisotopic (exact) mass is 449 g/mol. The second kappa shape index (κ2) is 8.07. The standard InChI is InChI=1S/C21H24BrNO5/c1-10(2)28-21(26)17-11(3)23-14-6-5-7-15(24)19(14)18(17)12-8-13(22)20(25)16(9-12)27-4/h8-10,17-18,25H,5-7H2,1-4H3/t17?,18-/m1/s1. The number of phenols is 1. The Morgan fingerprint density at radius 1 is 1.32 bits per heavy atom. The summed E-state index contributed by atoms with van der Waals surface area (Å²) in [7, 11) is 1.46. The van der Waals surface area contributed by atoms with Crippen molar-refractivity contribution in [3.05, 3.63) is 33.4 Å². The van der Waals surface area contributed by atoms with Crippen LogP contribution in [-0.4, -0.2) is 35.8 Å². The lowest BCUT2D eigenvalue weighted by atomic mass is 9.71. The molecule has 150 valence electrons. The zero-order valence-corrected chi connectivity index (χ0v) is 18.0. The maximum Gasteiger partial charge on any atom is 0.315 e. The Morgan fingerprint density at radius 3 is 2.68 bits per heavy atom. The molecule has 28 heavy (non-hydrogen) atoms. The van der Waals surface area contributed by atoms with E-state index in [1.54, 1.807) is 32.9 Å². The van der Waals surface area contributed by atoms with Crippen LogP contribution in [0.25, 0.3) is 0 Å². The first-order chi connectivity index (χ1) is 13.2. The third kappa shape index (κ3) is 3.72. The summed E-state index contributed by atoms with van der Waals surface area (Å²) in [5.74, 6) is -1.40. The van der Waals surface area contributed by atoms with Crippen LogP contribution >= 0.6 is 15.9 Å². The number of carbonyl (C=O) groups is 2. The number of allylic oxidation sites excluding steroid dienone is 2. The zero-order chi connectivity index (χ0) is 20.6. The van der Waals surface area contributed by atoms with Crippen LogP contribution in [0.5, 0.6) is 11.5 Å². The Morgan fingerprint density at radius 2 is 2.04 bits per heavy atom. The van der Waals surface area contributed by atoms with Gasteiger partial charge in [0, 0.05) is 29.3 Å². The number of hydrogen-bond acceptors (Lipinski definition) is 6. The lowest BCUT2D eigenvalue weighted by Crippen LogP contribution is -2.38. The SMILES string of the molecule is COc1cc([C@H]2C3=C(CCCC3=O)N=C(C)C2C(=O)OC(C)C)cc(Br)c1O. The number of nitrogens with zero attached hydrogens (tertiary/aromatic N) is 1. The predicted octanol–water partition coefficient (Wildman–Crippen LogP) is 4.30. The number of rotatable bonds is 4. The Balaban J connectivity index is 2.20. The van der Waals surface area contributed by atoms with Gasteiger partial charge in [-0.3, -0.25) is 14.6 Å². The van der Waals surface area contributed by atoms with Gasteiger partial charge in [-0.15, -0.1) is 0 Å². The molecular formula is C21H24BrNO5. The van der Waals surface area contributed by atoms with Gasteiger partial charge in [-0.2, -0.15) is 0 Å². The maximum atomic E-state index is 13.0. The molecule has 0 fully saturated rings. The predicted molar refractivity (Wildman–Crippen MR) is 109 cm³/mol. The molecule has 0 saturated carbocycles. The van der Waals surface area contributed by atoms with Crippen molar-refractivity contribution in [2.75, 3.05) is 7.11 Å². The van der Waals surface area contributed by atoms with Crippen molar-refractivity contribution in [3.63, 3.8) is 0 Å². The largest absolute Gasteiger partial charge is 0.503 e. The van der Waals surface area contributed by atoms with Gasteiger partial charge in [-0.25, -0.2) is 0 Å². The summed E-state index contributed by atoms with van der Waals surface area (Å²) in [4.78, 5) is 30.4. The van der Waals surface area contributed by atoms with Gasteiger partial charge < -0.3 is 14.6 Å². The number of aromatic hydroxyl groups is 1. The lowest BCUT2D eigenvalue weighted by molar-refractivity contribution is -0.150. The summed E-state index contributed by atoms with van der Waals surface area (Å²) in [6, 6.07) is 3.40. The second-order valence-electron chi connectivity index (χ2n) is 7.38. The summed E-state index contributed by atoms with van der Waals surface area (Å²) in [5.41, 5.74) is 2.65. The van der Waals surface area contributed by atoms with Gasteiger partial charge in [0.25, 0.3) is 0 Å². The first-order valence-corrected chi connectivity index (χ1v) is 10.1. The van der Waals surface area contributed by atoms with Crippen LogP contribution in [0.1, 0.15) is 51.5 Å². The van der Waals surface area contributed by atoms with Crippen LogP contribution in [0.2, 0.25) is 0 Å². The minimum absolute atomic E-state index is 0.00742. The van der Waals surface area contributed by atoms with Crippen molar-refractivity contribution >= 4 is 33.4 Å². The molecule has 0 aromatic heterocycles. The number of methoxy groups -OCH3 is 1. The molecule has 1 heterocycles. The number of hydrogen-bond donors (Lipinski definition) is 1. The van der Waals surface area contributed by atoms with E-state index in [2.05, 4.69) is 20.9 Å². The van der Waals surface area contributed by atoms with Crippen molar-refractivity contribution in [3.8, 4) is 11.5 Å². The minimum Gasteiger partial charge on any atom is -0.503 e. The molecule has 0 radical (unpaired) electrons. The van der Waals surface area contributed by atoms with Crippen LogP contribution in [-0.2, 0) is 14.3 Å². The average molecular weight is 450 g/mol. The normalized spacial score (nSPS) is 22.1. The fourth-order valence-electron chi connectivity index (χ4n) is 3.91. The summed E-state index contributed by atoms with van der Waals surface area (Å²) in [6.45, 7) is 5.38. The molecule has 3 rings (SSSR count). The van der Waals surface area contributed by atoms with Crippen LogP contribution < -0.4 is 4.74 Å². The number of esters is 1. The molecule has 2 aliphatic rings. The Bertz CT molecular complexity index is 887. The van der Waals surface area contributed by atoms with Crippen LogP contribution in [0.15, 0.2) is 32.9 Å². The van der Waals surface area contributed by atoms with E-state index in [1.807, 2.05) is 0 Å². The van der Waals surface area contributed by atoms with Crippen LogP contribution in [0, 0.1) is 5.92 Å². The summed E-state index contributed by atoms with van der Waals surface area (Å²) in [5, 5.41) is 10.2. The van der Waals surface area contributed by atoms with Crippen molar-refractivity contribution in [2.45, 2.75) is 52.1 Å². The number of ketones is 1. The zero-order valence-electron chi connectivity index (χ0n) is 16.4. The number of benzene rings is 1. The van der Waals surface area contributed by atoms with E-state index in [0.29, 0.717) is 34.2 Å². The van der Waals surface area contributed by atoms with Crippen molar-refractivity contribution in [1.82, 2.24) is 0 Å². The molecule has 0 bridgehead atoms. The van der Waals surface area contributed by atoms with E-state index < -0.39 is 17.8 Å². The third-order valence-corrected chi connectivity index (χ3v) is 5.67. The van der Waals surface area contributed by atoms with E-state index in [4.69, 9.17) is 9.47 Å². The fraction of sp³-hybridized carbons (Fsp3) is 0.476. The summed E-state index contributed by atoms with van der Waals surface area (Å²) in [6.07, 6.45) is 1.62. The quantitative estimate of drug-likeness (QED) is 0.692. The number of Topliss-reactive ketones (excluding diaryl/α,β-unsaturated/α-hetero) is 1. The molecule has 1 aromatic carbocycles. The minimum atomic E-state index is -0.704. The highest BCUT2D eigenvalue weighted by Crippen LogP contribution is 2.46. The highest BCUT2D eigenvalue weighted by atomic mass is 79.9. The van der Waals surface area contributed by atoms with E-state index >= 15 is 0 Å². The van der Waals surface area contributed by atoms with Crippen molar-refractivity contribution < 1.29 is 24.2 Å². The maximum absolute atomic E-state index is 13.0. The Hall–Kier alpha value is -2.15. The molecule has 1 N–H and O–H groups in total. The van der Waals surface area contributed by atoms with Gasteiger partial charge >= 0.3 is 5.97 Å². The van der Waals surface area contributed by atoms with Crippen LogP contribution in [0.4, 0.5) is 0 Å². The molecule has 6 nitrogen and oxygen atoms in total.